The molecule has 0 aromatic rings. The van der Waals surface area contributed by atoms with Crippen molar-refractivity contribution in [2.75, 3.05) is 13.2 Å². The van der Waals surface area contributed by atoms with Crippen molar-refractivity contribution in [2.45, 2.75) is 33.3 Å². The number of amides is 2. The maximum absolute atomic E-state index is 11.0. The van der Waals surface area contributed by atoms with E-state index in [-0.39, 0.29) is 12.5 Å². The van der Waals surface area contributed by atoms with Crippen LogP contribution in [0.2, 0.25) is 0 Å². The zero-order valence-electron chi connectivity index (χ0n) is 9.55. The highest BCUT2D eigenvalue weighted by Gasteiger charge is 2.15. The van der Waals surface area contributed by atoms with E-state index in [4.69, 9.17) is 9.57 Å². The molecule has 0 bridgehead atoms. The molecule has 0 aliphatic heterocycles. The van der Waals surface area contributed by atoms with Gasteiger partial charge in [0.2, 0.25) is 5.91 Å². The molecule has 0 aliphatic rings. The van der Waals surface area contributed by atoms with Crippen LogP contribution in [-0.4, -0.2) is 30.8 Å². The summed E-state index contributed by atoms with van der Waals surface area (Å²) in [6, 6.07) is 0. The minimum absolute atomic E-state index is 0.143. The lowest BCUT2D eigenvalue weighted by Crippen LogP contribution is -2.34. The van der Waals surface area contributed by atoms with Gasteiger partial charge in [-0.15, -0.1) is 0 Å². The number of hydrogen-bond donors (Lipinski definition) is 2. The van der Waals surface area contributed by atoms with E-state index in [0.29, 0.717) is 6.54 Å². The van der Waals surface area contributed by atoms with Gasteiger partial charge in [0.1, 0.15) is 5.60 Å². The summed E-state index contributed by atoms with van der Waals surface area (Å²) in [5.74, 6) is -0.143. The summed E-state index contributed by atoms with van der Waals surface area (Å²) >= 11 is 0. The molecular formula is C9H18N2O4. The Morgan fingerprint density at radius 1 is 1.27 bits per heavy atom. The quantitative estimate of drug-likeness (QED) is 0.534. The van der Waals surface area contributed by atoms with Gasteiger partial charge in [0.05, 0.1) is 6.61 Å². The van der Waals surface area contributed by atoms with E-state index in [0.717, 1.165) is 0 Å². The molecular weight excluding hydrogens is 200 g/mol. The third kappa shape index (κ3) is 10.6. The molecule has 0 spiro atoms. The predicted octanol–water partition coefficient (Wildman–Crippen LogP) is 0.579. The van der Waals surface area contributed by atoms with E-state index in [1.807, 2.05) is 0 Å². The largest absolute Gasteiger partial charge is 0.442 e. The minimum atomic E-state index is -0.648. The molecule has 0 rings (SSSR count). The first-order valence-electron chi connectivity index (χ1n) is 4.66. The Kier molecular flexibility index (Phi) is 5.69. The van der Waals surface area contributed by atoms with Gasteiger partial charge in [0.25, 0.3) is 0 Å². The lowest BCUT2D eigenvalue weighted by molar-refractivity contribution is -0.119. The summed E-state index contributed by atoms with van der Waals surface area (Å²) < 4.78 is 4.90. The maximum Gasteiger partial charge on any atom is 0.431 e. The van der Waals surface area contributed by atoms with Gasteiger partial charge in [0, 0.05) is 13.5 Å². The minimum Gasteiger partial charge on any atom is -0.442 e. The van der Waals surface area contributed by atoms with Gasteiger partial charge < -0.3 is 10.1 Å². The van der Waals surface area contributed by atoms with Crippen molar-refractivity contribution in [3.8, 4) is 0 Å². The molecule has 0 aromatic carbocycles. The van der Waals surface area contributed by atoms with Crippen molar-refractivity contribution in [2.24, 2.45) is 0 Å². The molecule has 0 saturated carbocycles. The maximum atomic E-state index is 11.0. The molecule has 15 heavy (non-hydrogen) atoms. The van der Waals surface area contributed by atoms with Gasteiger partial charge in [0.15, 0.2) is 0 Å². The van der Waals surface area contributed by atoms with Crippen LogP contribution in [0.15, 0.2) is 0 Å². The standard InChI is InChI=1S/C9H18N2O4/c1-7(12)10-5-6-14-11-8(13)15-9(2,3)4/h5-6H2,1-4H3,(H,10,12)(H,11,13). The molecule has 0 fully saturated rings. The van der Waals surface area contributed by atoms with Crippen LogP contribution in [-0.2, 0) is 14.4 Å². The van der Waals surface area contributed by atoms with Crippen molar-refractivity contribution in [3.05, 3.63) is 0 Å². The average Bonchev–Trinajstić information content (AvgIpc) is 1.99. The fourth-order valence-corrected chi connectivity index (χ4v) is 0.687. The molecule has 6 heteroatoms. The monoisotopic (exact) mass is 218 g/mol. The fourth-order valence-electron chi connectivity index (χ4n) is 0.687. The van der Waals surface area contributed by atoms with E-state index >= 15 is 0 Å². The number of hydroxylamine groups is 1. The molecule has 0 aromatic heterocycles. The highest BCUT2D eigenvalue weighted by atomic mass is 16.7. The van der Waals surface area contributed by atoms with Crippen LogP contribution in [0.25, 0.3) is 0 Å². The van der Waals surface area contributed by atoms with Gasteiger partial charge in [-0.3, -0.25) is 9.63 Å². The molecule has 0 atom stereocenters. The third-order valence-corrected chi connectivity index (χ3v) is 1.13. The van der Waals surface area contributed by atoms with E-state index in [1.54, 1.807) is 20.8 Å². The second-order valence-corrected chi connectivity index (χ2v) is 3.94. The summed E-state index contributed by atoms with van der Waals surface area (Å²) in [4.78, 5) is 26.2. The number of ether oxygens (including phenoxy) is 1. The summed E-state index contributed by atoms with van der Waals surface area (Å²) in [5.41, 5.74) is 1.55. The van der Waals surface area contributed by atoms with E-state index in [9.17, 15) is 9.59 Å². The van der Waals surface area contributed by atoms with Gasteiger partial charge in [-0.05, 0) is 20.8 Å². The Labute approximate surface area is 89.3 Å². The Bertz CT molecular complexity index is 223. The molecule has 88 valence electrons. The Balaban J connectivity index is 3.44. The number of nitrogens with one attached hydrogen (secondary N) is 2. The predicted molar refractivity (Wildman–Crippen MR) is 54.0 cm³/mol. The van der Waals surface area contributed by atoms with Crippen molar-refractivity contribution < 1.29 is 19.2 Å². The van der Waals surface area contributed by atoms with Crippen molar-refractivity contribution in [3.63, 3.8) is 0 Å². The van der Waals surface area contributed by atoms with Crippen molar-refractivity contribution >= 4 is 12.0 Å². The first-order chi connectivity index (χ1) is 6.81. The second-order valence-electron chi connectivity index (χ2n) is 3.94. The Hall–Kier alpha value is -1.30. The zero-order chi connectivity index (χ0) is 11.9. The molecule has 0 radical (unpaired) electrons. The van der Waals surface area contributed by atoms with E-state index in [1.165, 1.54) is 6.92 Å². The van der Waals surface area contributed by atoms with Crippen LogP contribution in [0.5, 0.6) is 0 Å². The normalized spacial score (nSPS) is 10.7. The van der Waals surface area contributed by atoms with Gasteiger partial charge >= 0.3 is 6.09 Å². The van der Waals surface area contributed by atoms with Crippen molar-refractivity contribution in [1.82, 2.24) is 10.8 Å². The van der Waals surface area contributed by atoms with Gasteiger partial charge in [-0.1, -0.05) is 0 Å². The highest BCUT2D eigenvalue weighted by molar-refractivity contribution is 5.72. The Morgan fingerprint density at radius 2 is 1.87 bits per heavy atom. The zero-order valence-corrected chi connectivity index (χ0v) is 9.55. The second kappa shape index (κ2) is 6.23. The molecule has 0 heterocycles. The number of carbonyl (C=O) groups excluding carboxylic acids is 2. The smallest absolute Gasteiger partial charge is 0.431 e. The number of rotatable bonds is 4. The van der Waals surface area contributed by atoms with Crippen molar-refractivity contribution in [1.29, 1.82) is 0 Å². The van der Waals surface area contributed by atoms with Gasteiger partial charge in [-0.25, -0.2) is 4.79 Å². The topological polar surface area (TPSA) is 76.7 Å². The van der Waals surface area contributed by atoms with Crippen LogP contribution < -0.4 is 10.8 Å². The van der Waals surface area contributed by atoms with Crippen LogP contribution in [0.4, 0.5) is 4.79 Å². The average molecular weight is 218 g/mol. The SMILES string of the molecule is CC(=O)NCCONC(=O)OC(C)(C)C. The van der Waals surface area contributed by atoms with Gasteiger partial charge in [-0.2, -0.15) is 5.48 Å². The molecule has 2 amide bonds. The fraction of sp³-hybridized carbons (Fsp3) is 0.778. The third-order valence-electron chi connectivity index (χ3n) is 1.13. The summed E-state index contributed by atoms with van der Waals surface area (Å²) in [7, 11) is 0. The molecule has 6 nitrogen and oxygen atoms in total. The van der Waals surface area contributed by atoms with Crippen LogP contribution in [0, 0.1) is 0 Å². The number of carbonyl (C=O) groups is 2. The van der Waals surface area contributed by atoms with Crippen LogP contribution in [0.1, 0.15) is 27.7 Å². The molecule has 0 aliphatic carbocycles. The van der Waals surface area contributed by atoms with Crippen LogP contribution in [0.3, 0.4) is 0 Å². The summed E-state index contributed by atoms with van der Waals surface area (Å²) in [6.45, 7) is 7.20. The summed E-state index contributed by atoms with van der Waals surface area (Å²) in [6.07, 6.45) is -0.648. The lowest BCUT2D eigenvalue weighted by Gasteiger charge is -2.19. The molecule has 2 N–H and O–H groups in total. The molecule has 0 unspecified atom stereocenters. The van der Waals surface area contributed by atoms with E-state index < -0.39 is 11.7 Å². The lowest BCUT2D eigenvalue weighted by atomic mass is 10.2. The first kappa shape index (κ1) is 13.7. The highest BCUT2D eigenvalue weighted by Crippen LogP contribution is 2.05. The van der Waals surface area contributed by atoms with Crippen LogP contribution >= 0.6 is 0 Å². The first-order valence-corrected chi connectivity index (χ1v) is 4.66. The van der Waals surface area contributed by atoms with E-state index in [2.05, 4.69) is 10.8 Å². The number of hydrogen-bond acceptors (Lipinski definition) is 4. The molecule has 0 saturated heterocycles. The Morgan fingerprint density at radius 3 is 2.33 bits per heavy atom. The summed E-state index contributed by atoms with van der Waals surface area (Å²) in [5, 5.41) is 2.51.